The molecule has 2 aromatic rings. The number of halogens is 7. The topological polar surface area (TPSA) is 38.3 Å². The van der Waals surface area contributed by atoms with E-state index in [1.165, 1.54) is 24.3 Å². The molecule has 0 aliphatic carbocycles. The fourth-order valence-corrected chi connectivity index (χ4v) is 2.31. The molecule has 1 N–H and O–H groups in total. The standard InChI is InChI=1S/C20H16F7NO2/c21-7-1-9-30-17-4-2-13(3-5-17)18(29)6-8-28-16-11-14(19(22,23)24)10-15(12-16)20(25,26)27/h2-6,8,10-12,28H,1,7,9H2/b8-6+. The highest BCUT2D eigenvalue weighted by atomic mass is 19.4. The molecule has 0 bridgehead atoms. The van der Waals surface area contributed by atoms with Gasteiger partial charge in [-0.15, -0.1) is 0 Å². The molecular formula is C20H16F7NO2. The third kappa shape index (κ3) is 6.78. The summed E-state index contributed by atoms with van der Waals surface area (Å²) in [5.41, 5.74) is -3.20. The number of rotatable bonds is 8. The SMILES string of the molecule is O=C(/C=C/Nc1cc(C(F)(F)F)cc(C(F)(F)F)c1)c1ccc(OCCCF)cc1. The molecule has 3 nitrogen and oxygen atoms in total. The minimum absolute atomic E-state index is 0.0112. The van der Waals surface area contributed by atoms with Crippen LogP contribution in [0.15, 0.2) is 54.7 Å². The second-order valence-electron chi connectivity index (χ2n) is 6.05. The van der Waals surface area contributed by atoms with Crippen LogP contribution in [0.3, 0.4) is 0 Å². The Balaban J connectivity index is 2.09. The number of hydrogen-bond donors (Lipinski definition) is 1. The molecule has 0 spiro atoms. The van der Waals surface area contributed by atoms with Gasteiger partial charge in [-0.05, 0) is 42.5 Å². The minimum atomic E-state index is -4.97. The van der Waals surface area contributed by atoms with E-state index >= 15 is 0 Å². The molecule has 0 amide bonds. The maximum Gasteiger partial charge on any atom is 0.416 e. The highest BCUT2D eigenvalue weighted by molar-refractivity contribution is 6.04. The van der Waals surface area contributed by atoms with E-state index in [-0.39, 0.29) is 24.7 Å². The Kier molecular flexibility index (Phi) is 7.47. The van der Waals surface area contributed by atoms with Gasteiger partial charge in [-0.2, -0.15) is 26.3 Å². The molecule has 2 aromatic carbocycles. The van der Waals surface area contributed by atoms with Crippen LogP contribution in [-0.4, -0.2) is 19.1 Å². The van der Waals surface area contributed by atoms with Crippen LogP contribution in [0.5, 0.6) is 5.75 Å². The van der Waals surface area contributed by atoms with Gasteiger partial charge in [0.1, 0.15) is 5.75 Å². The lowest BCUT2D eigenvalue weighted by atomic mass is 10.1. The Morgan fingerprint density at radius 2 is 1.50 bits per heavy atom. The maximum atomic E-state index is 12.8. The van der Waals surface area contributed by atoms with E-state index in [1.54, 1.807) is 0 Å². The van der Waals surface area contributed by atoms with Gasteiger partial charge in [0.15, 0.2) is 5.78 Å². The molecule has 10 heteroatoms. The van der Waals surface area contributed by atoms with Crippen molar-refractivity contribution in [1.29, 1.82) is 0 Å². The Labute approximate surface area is 167 Å². The first kappa shape index (κ1) is 23.2. The van der Waals surface area contributed by atoms with Gasteiger partial charge in [-0.25, -0.2) is 0 Å². The van der Waals surface area contributed by atoms with Crippen LogP contribution >= 0.6 is 0 Å². The monoisotopic (exact) mass is 435 g/mol. The molecule has 162 valence electrons. The van der Waals surface area contributed by atoms with Crippen LogP contribution in [0.1, 0.15) is 27.9 Å². The number of carbonyl (C=O) groups is 1. The van der Waals surface area contributed by atoms with Gasteiger partial charge in [0.25, 0.3) is 0 Å². The van der Waals surface area contributed by atoms with E-state index in [0.717, 1.165) is 12.3 Å². The van der Waals surface area contributed by atoms with Crippen molar-refractivity contribution in [1.82, 2.24) is 0 Å². The van der Waals surface area contributed by atoms with Crippen molar-refractivity contribution in [3.63, 3.8) is 0 Å². The van der Waals surface area contributed by atoms with Crippen molar-refractivity contribution in [3.05, 3.63) is 71.4 Å². The Bertz CT molecular complexity index is 855. The number of alkyl halides is 7. The predicted octanol–water partition coefficient (Wildman–Crippen LogP) is 6.27. The summed E-state index contributed by atoms with van der Waals surface area (Å²) in [6.45, 7) is -0.352. The van der Waals surface area contributed by atoms with E-state index in [1.807, 2.05) is 0 Å². The van der Waals surface area contributed by atoms with Gasteiger partial charge < -0.3 is 10.1 Å². The van der Waals surface area contributed by atoms with Gasteiger partial charge in [0.05, 0.1) is 24.4 Å². The smallest absolute Gasteiger partial charge is 0.416 e. The fraction of sp³-hybridized carbons (Fsp3) is 0.250. The number of carbonyl (C=O) groups excluding carboxylic acids is 1. The van der Waals surface area contributed by atoms with Gasteiger partial charge in [-0.1, -0.05) is 0 Å². The first-order valence-electron chi connectivity index (χ1n) is 8.56. The lowest BCUT2D eigenvalue weighted by molar-refractivity contribution is -0.143. The van der Waals surface area contributed by atoms with Crippen LogP contribution in [0.2, 0.25) is 0 Å². The number of benzene rings is 2. The summed E-state index contributed by atoms with van der Waals surface area (Å²) in [5, 5.41) is 2.25. The zero-order valence-electron chi connectivity index (χ0n) is 15.3. The number of hydrogen-bond acceptors (Lipinski definition) is 3. The van der Waals surface area contributed by atoms with Crippen molar-refractivity contribution in [2.45, 2.75) is 18.8 Å². The number of nitrogens with one attached hydrogen (secondary N) is 1. The maximum absolute atomic E-state index is 12.8. The molecule has 0 heterocycles. The van der Waals surface area contributed by atoms with E-state index in [0.29, 0.717) is 17.9 Å². The summed E-state index contributed by atoms with van der Waals surface area (Å²) in [7, 11) is 0. The summed E-state index contributed by atoms with van der Waals surface area (Å²) in [4.78, 5) is 12.1. The fourth-order valence-electron chi connectivity index (χ4n) is 2.31. The number of anilines is 1. The number of ether oxygens (including phenoxy) is 1. The van der Waals surface area contributed by atoms with E-state index in [9.17, 15) is 35.5 Å². The van der Waals surface area contributed by atoms with Crippen LogP contribution in [-0.2, 0) is 12.4 Å². The molecule has 0 atom stereocenters. The summed E-state index contributed by atoms with van der Waals surface area (Å²) in [6.07, 6.45) is -7.80. The van der Waals surface area contributed by atoms with Gasteiger partial charge in [0, 0.05) is 29.9 Å². The second kappa shape index (κ2) is 9.64. The molecule has 0 aliphatic heterocycles. The summed E-state index contributed by atoms with van der Waals surface area (Å²) >= 11 is 0. The molecule has 0 radical (unpaired) electrons. The first-order valence-corrected chi connectivity index (χ1v) is 8.56. The van der Waals surface area contributed by atoms with Crippen molar-refractivity contribution >= 4 is 11.5 Å². The Morgan fingerprint density at radius 1 is 0.933 bits per heavy atom. The number of allylic oxidation sites excluding steroid dienone is 1. The summed E-state index contributed by atoms with van der Waals surface area (Å²) < 4.78 is 94.3. The zero-order chi connectivity index (χ0) is 22.4. The second-order valence-corrected chi connectivity index (χ2v) is 6.05. The van der Waals surface area contributed by atoms with E-state index < -0.39 is 41.6 Å². The Hall–Kier alpha value is -3.04. The molecule has 0 fully saturated rings. The molecule has 2 rings (SSSR count). The van der Waals surface area contributed by atoms with Gasteiger partial charge in [-0.3, -0.25) is 9.18 Å². The van der Waals surface area contributed by atoms with E-state index in [4.69, 9.17) is 4.74 Å². The minimum Gasteiger partial charge on any atom is -0.493 e. The van der Waals surface area contributed by atoms with Gasteiger partial charge in [0.2, 0.25) is 0 Å². The lowest BCUT2D eigenvalue weighted by Gasteiger charge is -2.14. The third-order valence-corrected chi connectivity index (χ3v) is 3.76. The van der Waals surface area contributed by atoms with Crippen LogP contribution in [0.25, 0.3) is 0 Å². The predicted molar refractivity (Wildman–Crippen MR) is 96.1 cm³/mol. The third-order valence-electron chi connectivity index (χ3n) is 3.76. The van der Waals surface area contributed by atoms with Crippen molar-refractivity contribution in [2.24, 2.45) is 0 Å². The average molecular weight is 435 g/mol. The molecule has 0 saturated heterocycles. The van der Waals surface area contributed by atoms with Crippen LogP contribution in [0.4, 0.5) is 36.4 Å². The van der Waals surface area contributed by atoms with Crippen LogP contribution < -0.4 is 10.1 Å². The summed E-state index contributed by atoms with van der Waals surface area (Å²) in [5.74, 6) is -0.119. The van der Waals surface area contributed by atoms with Crippen molar-refractivity contribution in [3.8, 4) is 5.75 Å². The highest BCUT2D eigenvalue weighted by Gasteiger charge is 2.36. The highest BCUT2D eigenvalue weighted by Crippen LogP contribution is 2.37. The lowest BCUT2D eigenvalue weighted by Crippen LogP contribution is -2.11. The molecule has 0 aromatic heterocycles. The van der Waals surface area contributed by atoms with Crippen LogP contribution in [0, 0.1) is 0 Å². The molecule has 0 aliphatic rings. The summed E-state index contributed by atoms with van der Waals surface area (Å²) in [6, 6.07) is 6.83. The quantitative estimate of drug-likeness (QED) is 0.230. The molecule has 30 heavy (non-hydrogen) atoms. The van der Waals surface area contributed by atoms with Crippen molar-refractivity contribution < 1.29 is 40.3 Å². The normalized spacial score (nSPS) is 12.2. The largest absolute Gasteiger partial charge is 0.493 e. The average Bonchev–Trinajstić information content (AvgIpc) is 2.67. The van der Waals surface area contributed by atoms with E-state index in [2.05, 4.69) is 5.32 Å². The van der Waals surface area contributed by atoms with Gasteiger partial charge >= 0.3 is 12.4 Å². The molecular weight excluding hydrogens is 419 g/mol. The molecule has 0 saturated carbocycles. The first-order chi connectivity index (χ1) is 14.0. The molecule has 0 unspecified atom stereocenters. The Morgan fingerprint density at radius 3 is 2.00 bits per heavy atom. The van der Waals surface area contributed by atoms with Crippen molar-refractivity contribution in [2.75, 3.05) is 18.6 Å². The zero-order valence-corrected chi connectivity index (χ0v) is 15.3. The number of ketones is 1.